The van der Waals surface area contributed by atoms with Crippen LogP contribution >= 0.6 is 0 Å². The first-order chi connectivity index (χ1) is 31.5. The number of anilines is 3. The Morgan fingerprint density at radius 2 is 0.797 bits per heavy atom. The molecule has 12 rings (SSSR count). The molecule has 0 bridgehead atoms. The lowest BCUT2D eigenvalue weighted by Crippen LogP contribution is -2.28. The van der Waals surface area contributed by atoms with E-state index in [0.717, 1.165) is 5.69 Å². The molecule has 308 valence electrons. The smallest absolute Gasteiger partial charge is 0.0540 e. The van der Waals surface area contributed by atoms with Crippen LogP contribution < -0.4 is 4.90 Å². The Morgan fingerprint density at radius 3 is 1.48 bits per heavy atom. The van der Waals surface area contributed by atoms with E-state index in [-0.39, 0.29) is 10.8 Å². The molecule has 3 aliphatic rings. The van der Waals surface area contributed by atoms with Gasteiger partial charge in [0.25, 0.3) is 0 Å². The van der Waals surface area contributed by atoms with Crippen LogP contribution in [0.1, 0.15) is 68.2 Å². The summed E-state index contributed by atoms with van der Waals surface area (Å²) in [6.45, 7) is 4.77. The second kappa shape index (κ2) is 15.2. The molecule has 1 spiro atoms. The van der Waals surface area contributed by atoms with E-state index in [1.54, 1.807) is 0 Å². The van der Waals surface area contributed by atoms with Crippen LogP contribution in [0.25, 0.3) is 66.8 Å². The Hall–Kier alpha value is -7.22. The minimum absolute atomic E-state index is 0.0580. The molecule has 1 heteroatoms. The number of nitrogens with zero attached hydrogens (tertiary/aromatic N) is 1. The third-order valence-corrected chi connectivity index (χ3v) is 14.9. The first kappa shape index (κ1) is 38.5. The molecule has 0 amide bonds. The molecular formula is C63H51N. The van der Waals surface area contributed by atoms with E-state index in [1.165, 1.54) is 132 Å². The van der Waals surface area contributed by atoms with Crippen molar-refractivity contribution in [2.24, 2.45) is 0 Å². The number of fused-ring (bicyclic) bond motifs is 8. The van der Waals surface area contributed by atoms with Crippen LogP contribution in [0.4, 0.5) is 17.1 Å². The van der Waals surface area contributed by atoms with E-state index in [2.05, 4.69) is 231 Å². The number of rotatable bonds is 7. The van der Waals surface area contributed by atoms with Gasteiger partial charge in [0, 0.05) is 27.8 Å². The summed E-state index contributed by atoms with van der Waals surface area (Å²) in [6.07, 6.45) is 6.26. The van der Waals surface area contributed by atoms with Crippen molar-refractivity contribution >= 4 is 17.1 Å². The van der Waals surface area contributed by atoms with Crippen LogP contribution in [0.15, 0.2) is 212 Å². The molecule has 1 fully saturated rings. The summed E-state index contributed by atoms with van der Waals surface area (Å²) in [5, 5.41) is 0. The average molecular weight is 822 g/mol. The Bertz CT molecular complexity index is 3180. The van der Waals surface area contributed by atoms with Crippen LogP contribution in [-0.4, -0.2) is 0 Å². The van der Waals surface area contributed by atoms with E-state index in [0.29, 0.717) is 0 Å². The lowest BCUT2D eigenvalue weighted by molar-refractivity contribution is 0.353. The van der Waals surface area contributed by atoms with Crippen molar-refractivity contribution in [3.8, 4) is 66.8 Å². The number of para-hydroxylation sites is 1. The zero-order valence-corrected chi connectivity index (χ0v) is 36.7. The summed E-state index contributed by atoms with van der Waals surface area (Å²) in [7, 11) is 0. The van der Waals surface area contributed by atoms with Gasteiger partial charge in [0.2, 0.25) is 0 Å². The molecule has 0 aromatic heterocycles. The van der Waals surface area contributed by atoms with Crippen LogP contribution in [0.3, 0.4) is 0 Å². The molecule has 0 atom stereocenters. The van der Waals surface area contributed by atoms with Crippen molar-refractivity contribution < 1.29 is 0 Å². The van der Waals surface area contributed by atoms with Crippen molar-refractivity contribution in [3.05, 3.63) is 235 Å². The molecule has 0 heterocycles. The van der Waals surface area contributed by atoms with Crippen LogP contribution in [-0.2, 0) is 10.8 Å². The number of hydrogen-bond donors (Lipinski definition) is 0. The van der Waals surface area contributed by atoms with Crippen LogP contribution in [0.5, 0.6) is 0 Å². The van der Waals surface area contributed by atoms with E-state index < -0.39 is 0 Å². The minimum atomic E-state index is -0.0929. The van der Waals surface area contributed by atoms with E-state index >= 15 is 0 Å². The summed E-state index contributed by atoms with van der Waals surface area (Å²) in [6, 6.07) is 79.4. The maximum atomic E-state index is 2.55. The second-order valence-corrected chi connectivity index (χ2v) is 18.7. The van der Waals surface area contributed by atoms with Crippen molar-refractivity contribution in [1.82, 2.24) is 0 Å². The van der Waals surface area contributed by atoms with E-state index in [4.69, 9.17) is 0 Å². The van der Waals surface area contributed by atoms with Gasteiger partial charge < -0.3 is 4.90 Å². The van der Waals surface area contributed by atoms with Gasteiger partial charge in [0.15, 0.2) is 0 Å². The molecule has 0 aliphatic heterocycles. The van der Waals surface area contributed by atoms with Gasteiger partial charge >= 0.3 is 0 Å². The highest BCUT2D eigenvalue weighted by Crippen LogP contribution is 2.57. The molecule has 64 heavy (non-hydrogen) atoms. The summed E-state index contributed by atoms with van der Waals surface area (Å²) in [5.41, 5.74) is 24.7. The van der Waals surface area contributed by atoms with Gasteiger partial charge in [-0.15, -0.1) is 0 Å². The van der Waals surface area contributed by atoms with Gasteiger partial charge in [-0.3, -0.25) is 0 Å². The SMILES string of the molecule is CC1(C)c2ccccc2-c2cccc(-c3ccc(N(c4ccc5c(c4)C4(CCCCC4)c4ccccc4-5)c4ccccc4-c4ccc(-c5ccc(-c6ccccc6)cc5)cc4)cc3)c21. The predicted octanol–water partition coefficient (Wildman–Crippen LogP) is 17.4. The molecule has 9 aromatic carbocycles. The summed E-state index contributed by atoms with van der Waals surface area (Å²) >= 11 is 0. The molecule has 0 N–H and O–H groups in total. The molecular weight excluding hydrogens is 771 g/mol. The topological polar surface area (TPSA) is 3.24 Å². The summed E-state index contributed by atoms with van der Waals surface area (Å²) < 4.78 is 0. The quantitative estimate of drug-likeness (QED) is 0.155. The van der Waals surface area contributed by atoms with Crippen molar-refractivity contribution in [2.45, 2.75) is 56.8 Å². The van der Waals surface area contributed by atoms with E-state index in [1.807, 2.05) is 0 Å². The summed E-state index contributed by atoms with van der Waals surface area (Å²) in [4.78, 5) is 2.52. The van der Waals surface area contributed by atoms with Gasteiger partial charge in [-0.1, -0.05) is 215 Å². The van der Waals surface area contributed by atoms with Gasteiger partial charge in [0.05, 0.1) is 5.69 Å². The molecule has 9 aromatic rings. The number of benzene rings is 9. The lowest BCUT2D eigenvalue weighted by atomic mass is 9.68. The fraction of sp³-hybridized carbons (Fsp3) is 0.143. The highest BCUT2D eigenvalue weighted by molar-refractivity contribution is 5.93. The highest BCUT2D eigenvalue weighted by Gasteiger charge is 2.44. The molecule has 3 aliphatic carbocycles. The van der Waals surface area contributed by atoms with Crippen molar-refractivity contribution in [3.63, 3.8) is 0 Å². The van der Waals surface area contributed by atoms with Crippen LogP contribution in [0, 0.1) is 0 Å². The van der Waals surface area contributed by atoms with Gasteiger partial charge in [-0.2, -0.15) is 0 Å². The first-order valence-electron chi connectivity index (χ1n) is 23.2. The van der Waals surface area contributed by atoms with Gasteiger partial charge in [0.1, 0.15) is 0 Å². The van der Waals surface area contributed by atoms with Crippen molar-refractivity contribution in [1.29, 1.82) is 0 Å². The maximum Gasteiger partial charge on any atom is 0.0540 e. The average Bonchev–Trinajstić information content (AvgIpc) is 3.76. The first-order valence-corrected chi connectivity index (χ1v) is 23.2. The Balaban J connectivity index is 0.969. The number of hydrogen-bond acceptors (Lipinski definition) is 1. The van der Waals surface area contributed by atoms with Crippen molar-refractivity contribution in [2.75, 3.05) is 4.90 Å². The third kappa shape index (κ3) is 6.13. The zero-order valence-electron chi connectivity index (χ0n) is 36.7. The highest BCUT2D eigenvalue weighted by atomic mass is 15.1. The summed E-state index contributed by atoms with van der Waals surface area (Å²) in [5.74, 6) is 0. The predicted molar refractivity (Wildman–Crippen MR) is 270 cm³/mol. The lowest BCUT2D eigenvalue weighted by Gasteiger charge is -2.37. The maximum absolute atomic E-state index is 2.55. The normalized spacial score (nSPS) is 15.0. The zero-order chi connectivity index (χ0) is 42.8. The van der Waals surface area contributed by atoms with Gasteiger partial charge in [-0.25, -0.2) is 0 Å². The Labute approximate surface area is 378 Å². The Kier molecular flexibility index (Phi) is 9.16. The van der Waals surface area contributed by atoms with Gasteiger partial charge in [-0.05, 0) is 127 Å². The standard InChI is InChI=1S/C63H51N/c1-62(2)57-23-10-7-20-54(57)56-22-15-21-52(61(56)62)48-34-36-49(37-35-48)64(50-38-39-55-53-19-8-11-24-58(53)63(59(55)42-50)40-13-4-14-41-63)60-25-12-9-18-51(60)47-32-30-46(31-33-47)45-28-26-44(27-29-45)43-16-5-3-6-17-43/h3,5-12,15-39,42H,4,13-14,40-41H2,1-2H3. The van der Waals surface area contributed by atoms with E-state index in [9.17, 15) is 0 Å². The second-order valence-electron chi connectivity index (χ2n) is 18.7. The molecule has 1 saturated carbocycles. The Morgan fingerprint density at radius 1 is 0.328 bits per heavy atom. The minimum Gasteiger partial charge on any atom is -0.310 e. The molecule has 0 saturated heterocycles. The third-order valence-electron chi connectivity index (χ3n) is 14.9. The molecule has 0 unspecified atom stereocenters. The fourth-order valence-electron chi connectivity index (χ4n) is 11.8. The monoisotopic (exact) mass is 821 g/mol. The fourth-order valence-corrected chi connectivity index (χ4v) is 11.8. The molecule has 1 nitrogen and oxygen atoms in total. The largest absolute Gasteiger partial charge is 0.310 e. The molecule has 0 radical (unpaired) electrons. The van der Waals surface area contributed by atoms with Crippen LogP contribution in [0.2, 0.25) is 0 Å².